The van der Waals surface area contributed by atoms with Gasteiger partial charge in [0.05, 0.1) is 23.4 Å². The van der Waals surface area contributed by atoms with Gasteiger partial charge in [-0.05, 0) is 61.7 Å². The Labute approximate surface area is 180 Å². The van der Waals surface area contributed by atoms with E-state index in [4.69, 9.17) is 9.72 Å². The van der Waals surface area contributed by atoms with Crippen LogP contribution in [0.4, 0.5) is 9.52 Å². The lowest BCUT2D eigenvalue weighted by Gasteiger charge is -2.27. The average molecular weight is 428 g/mol. The second kappa shape index (κ2) is 9.20. The van der Waals surface area contributed by atoms with Gasteiger partial charge in [-0.1, -0.05) is 17.4 Å². The number of nitrogens with zero attached hydrogens (tertiary/aromatic N) is 3. The molecule has 158 valence electrons. The van der Waals surface area contributed by atoms with E-state index in [1.165, 1.54) is 41.2 Å². The van der Waals surface area contributed by atoms with Crippen LogP contribution in [-0.2, 0) is 4.74 Å². The van der Waals surface area contributed by atoms with Crippen LogP contribution in [0, 0.1) is 19.7 Å². The van der Waals surface area contributed by atoms with Gasteiger partial charge in [-0.3, -0.25) is 14.6 Å². The van der Waals surface area contributed by atoms with E-state index < -0.39 is 0 Å². The zero-order chi connectivity index (χ0) is 21.1. The molecule has 3 aromatic rings. The lowest BCUT2D eigenvalue weighted by molar-refractivity contribution is 0.0376. The molecule has 0 atom stereocenters. The van der Waals surface area contributed by atoms with Crippen molar-refractivity contribution in [2.45, 2.75) is 20.3 Å². The highest BCUT2D eigenvalue weighted by molar-refractivity contribution is 7.22. The van der Waals surface area contributed by atoms with Gasteiger partial charge >= 0.3 is 0 Å². The van der Waals surface area contributed by atoms with Crippen molar-refractivity contribution in [3.63, 3.8) is 0 Å². The van der Waals surface area contributed by atoms with E-state index in [1.807, 2.05) is 6.92 Å². The molecule has 5 nitrogen and oxygen atoms in total. The molecule has 1 aliphatic rings. The number of aryl methyl sites for hydroxylation is 2. The minimum atomic E-state index is -0.350. The van der Waals surface area contributed by atoms with E-state index in [1.54, 1.807) is 4.90 Å². The Morgan fingerprint density at radius 3 is 2.67 bits per heavy atom. The van der Waals surface area contributed by atoms with Crippen LogP contribution in [0.5, 0.6) is 0 Å². The van der Waals surface area contributed by atoms with Crippen molar-refractivity contribution in [1.29, 1.82) is 0 Å². The smallest absolute Gasteiger partial charge is 0.260 e. The number of carbonyl (C=O) groups is 1. The van der Waals surface area contributed by atoms with Gasteiger partial charge in [-0.15, -0.1) is 0 Å². The molecular weight excluding hydrogens is 401 g/mol. The predicted octanol–water partition coefficient (Wildman–Crippen LogP) is 4.42. The Bertz CT molecular complexity index is 1030. The van der Waals surface area contributed by atoms with Crippen LogP contribution in [-0.4, -0.2) is 55.2 Å². The number of benzene rings is 2. The number of thiazole rings is 1. The van der Waals surface area contributed by atoms with Crippen LogP contribution in [0.1, 0.15) is 27.9 Å². The number of amides is 1. The van der Waals surface area contributed by atoms with Crippen molar-refractivity contribution < 1.29 is 13.9 Å². The Morgan fingerprint density at radius 1 is 1.20 bits per heavy atom. The molecule has 0 saturated carbocycles. The summed E-state index contributed by atoms with van der Waals surface area (Å²) in [7, 11) is 0. The summed E-state index contributed by atoms with van der Waals surface area (Å²) < 4.78 is 19.8. The molecule has 2 aromatic carbocycles. The number of ether oxygens (including phenoxy) is 1. The van der Waals surface area contributed by atoms with E-state index in [0.29, 0.717) is 17.2 Å². The molecule has 0 radical (unpaired) electrons. The first-order valence-corrected chi connectivity index (χ1v) is 11.1. The molecule has 0 bridgehead atoms. The zero-order valence-corrected chi connectivity index (χ0v) is 18.2. The second-order valence-corrected chi connectivity index (χ2v) is 8.71. The number of rotatable bonds is 6. The SMILES string of the molecule is Cc1cc(C)c2nc(N(CCCN3CCOCC3)C(=O)c3ccc(F)cc3)sc2c1. The third-order valence-corrected chi connectivity index (χ3v) is 6.37. The fraction of sp³-hybridized carbons (Fsp3) is 0.391. The fourth-order valence-corrected chi connectivity index (χ4v) is 4.95. The van der Waals surface area contributed by atoms with Crippen LogP contribution >= 0.6 is 11.3 Å². The molecule has 0 aliphatic carbocycles. The predicted molar refractivity (Wildman–Crippen MR) is 119 cm³/mol. The molecule has 1 saturated heterocycles. The molecule has 30 heavy (non-hydrogen) atoms. The number of aromatic nitrogens is 1. The molecule has 1 aliphatic heterocycles. The van der Waals surface area contributed by atoms with Gasteiger partial charge < -0.3 is 4.74 Å². The van der Waals surface area contributed by atoms with Crippen LogP contribution in [0.3, 0.4) is 0 Å². The Hall–Kier alpha value is -2.35. The first-order valence-electron chi connectivity index (χ1n) is 10.3. The summed E-state index contributed by atoms with van der Waals surface area (Å²) >= 11 is 1.53. The first kappa shape index (κ1) is 20.9. The quantitative estimate of drug-likeness (QED) is 0.584. The van der Waals surface area contributed by atoms with Gasteiger partial charge in [-0.25, -0.2) is 9.37 Å². The average Bonchev–Trinajstić information content (AvgIpc) is 3.16. The zero-order valence-electron chi connectivity index (χ0n) is 17.4. The molecule has 1 fully saturated rings. The molecule has 1 amide bonds. The van der Waals surface area contributed by atoms with Gasteiger partial charge in [0.25, 0.3) is 5.91 Å². The number of morpholine rings is 1. The van der Waals surface area contributed by atoms with Gasteiger partial charge in [0.1, 0.15) is 5.82 Å². The number of anilines is 1. The van der Waals surface area contributed by atoms with Crippen molar-refractivity contribution >= 4 is 32.6 Å². The van der Waals surface area contributed by atoms with Crippen LogP contribution < -0.4 is 4.90 Å². The van der Waals surface area contributed by atoms with E-state index in [0.717, 1.165) is 55.0 Å². The molecule has 4 rings (SSSR count). The maximum absolute atomic E-state index is 13.4. The molecule has 0 N–H and O–H groups in total. The molecular formula is C23H26FN3O2S. The van der Waals surface area contributed by atoms with Crippen molar-refractivity contribution in [2.24, 2.45) is 0 Å². The Balaban J connectivity index is 1.59. The Morgan fingerprint density at radius 2 is 1.93 bits per heavy atom. The van der Waals surface area contributed by atoms with Gasteiger partial charge in [0, 0.05) is 31.7 Å². The normalized spacial score (nSPS) is 14.9. The number of halogens is 1. The highest BCUT2D eigenvalue weighted by atomic mass is 32.1. The summed E-state index contributed by atoms with van der Waals surface area (Å²) in [5.74, 6) is -0.498. The second-order valence-electron chi connectivity index (χ2n) is 7.70. The third-order valence-electron chi connectivity index (χ3n) is 5.35. The number of carbonyl (C=O) groups excluding carboxylic acids is 1. The van der Waals surface area contributed by atoms with Crippen molar-refractivity contribution in [2.75, 3.05) is 44.3 Å². The summed E-state index contributed by atoms with van der Waals surface area (Å²) in [6.07, 6.45) is 0.834. The molecule has 0 spiro atoms. The minimum Gasteiger partial charge on any atom is -0.379 e. The highest BCUT2D eigenvalue weighted by Gasteiger charge is 2.22. The topological polar surface area (TPSA) is 45.7 Å². The van der Waals surface area contributed by atoms with Crippen molar-refractivity contribution in [1.82, 2.24) is 9.88 Å². The van der Waals surface area contributed by atoms with E-state index in [9.17, 15) is 9.18 Å². The maximum atomic E-state index is 13.4. The van der Waals surface area contributed by atoms with E-state index in [-0.39, 0.29) is 11.7 Å². The van der Waals surface area contributed by atoms with E-state index in [2.05, 4.69) is 24.0 Å². The summed E-state index contributed by atoms with van der Waals surface area (Å²) in [6.45, 7) is 8.94. The van der Waals surface area contributed by atoms with Gasteiger partial charge in [0.2, 0.25) is 0 Å². The first-order chi connectivity index (χ1) is 14.5. The summed E-state index contributed by atoms with van der Waals surface area (Å²) in [5, 5.41) is 0.690. The van der Waals surface area contributed by atoms with Gasteiger partial charge in [0.15, 0.2) is 5.13 Å². The van der Waals surface area contributed by atoms with Crippen LogP contribution in [0.25, 0.3) is 10.2 Å². The van der Waals surface area contributed by atoms with Crippen LogP contribution in [0.15, 0.2) is 36.4 Å². The summed E-state index contributed by atoms with van der Waals surface area (Å²) in [5.41, 5.74) is 3.69. The summed E-state index contributed by atoms with van der Waals surface area (Å²) in [6, 6.07) is 9.94. The monoisotopic (exact) mass is 427 g/mol. The molecule has 1 aromatic heterocycles. The third kappa shape index (κ3) is 4.69. The van der Waals surface area contributed by atoms with Gasteiger partial charge in [-0.2, -0.15) is 0 Å². The largest absolute Gasteiger partial charge is 0.379 e. The summed E-state index contributed by atoms with van der Waals surface area (Å²) in [4.78, 5) is 22.2. The van der Waals surface area contributed by atoms with E-state index >= 15 is 0 Å². The van der Waals surface area contributed by atoms with Crippen molar-refractivity contribution in [3.05, 3.63) is 58.9 Å². The molecule has 7 heteroatoms. The van der Waals surface area contributed by atoms with Crippen molar-refractivity contribution in [3.8, 4) is 0 Å². The number of hydrogen-bond acceptors (Lipinski definition) is 5. The lowest BCUT2D eigenvalue weighted by atomic mass is 10.1. The number of hydrogen-bond donors (Lipinski definition) is 0. The standard InChI is InChI=1S/C23H26FN3O2S/c1-16-14-17(2)21-20(15-16)30-23(25-21)27(9-3-8-26-10-12-29-13-11-26)22(28)18-4-6-19(24)7-5-18/h4-7,14-15H,3,8-13H2,1-2H3. The highest BCUT2D eigenvalue weighted by Crippen LogP contribution is 2.32. The molecule has 2 heterocycles. The minimum absolute atomic E-state index is 0.148. The lowest BCUT2D eigenvalue weighted by Crippen LogP contribution is -2.39. The fourth-order valence-electron chi connectivity index (χ4n) is 3.78. The molecule has 0 unspecified atom stereocenters. The number of fused-ring (bicyclic) bond motifs is 1. The van der Waals surface area contributed by atoms with Crippen LogP contribution in [0.2, 0.25) is 0 Å². The maximum Gasteiger partial charge on any atom is 0.260 e. The Kier molecular flexibility index (Phi) is 6.41.